The zero-order valence-electron chi connectivity index (χ0n) is 14.2. The maximum absolute atomic E-state index is 12.2. The Morgan fingerprint density at radius 3 is 2.08 bits per heavy atom. The molecule has 0 aromatic heterocycles. The first-order valence-electron chi connectivity index (χ1n) is 7.93. The van der Waals surface area contributed by atoms with Gasteiger partial charge in [0.15, 0.2) is 0 Å². The topological polar surface area (TPSA) is 56.8 Å². The van der Waals surface area contributed by atoms with E-state index in [1.807, 2.05) is 38.1 Å². The number of nitrogens with one attached hydrogen (secondary N) is 1. The number of amides is 1. The smallest absolute Gasteiger partial charge is 0.251 e. The Bertz CT molecular complexity index is 637. The first-order chi connectivity index (χ1) is 11.6. The molecule has 0 aliphatic heterocycles. The van der Waals surface area contributed by atoms with Gasteiger partial charge in [0.2, 0.25) is 0 Å². The van der Waals surface area contributed by atoms with E-state index in [0.29, 0.717) is 18.8 Å². The van der Waals surface area contributed by atoms with E-state index in [1.54, 1.807) is 31.4 Å². The van der Waals surface area contributed by atoms with Crippen molar-refractivity contribution in [1.29, 1.82) is 0 Å². The van der Waals surface area contributed by atoms with E-state index in [9.17, 15) is 4.79 Å². The molecule has 1 N–H and O–H groups in total. The van der Waals surface area contributed by atoms with Crippen molar-refractivity contribution in [3.8, 4) is 17.2 Å². The highest BCUT2D eigenvalue weighted by Gasteiger charge is 2.10. The Morgan fingerprint density at radius 2 is 1.50 bits per heavy atom. The van der Waals surface area contributed by atoms with Gasteiger partial charge in [-0.1, -0.05) is 0 Å². The maximum Gasteiger partial charge on any atom is 0.251 e. The largest absolute Gasteiger partial charge is 0.497 e. The van der Waals surface area contributed by atoms with Crippen LogP contribution in [0.3, 0.4) is 0 Å². The molecule has 128 valence electrons. The molecule has 2 aromatic rings. The lowest BCUT2D eigenvalue weighted by Gasteiger charge is -2.15. The fourth-order valence-corrected chi connectivity index (χ4v) is 2.11. The Labute approximate surface area is 142 Å². The molecule has 1 amide bonds. The summed E-state index contributed by atoms with van der Waals surface area (Å²) in [6.07, 6.45) is 0. The van der Waals surface area contributed by atoms with Gasteiger partial charge in [0, 0.05) is 5.56 Å². The highest BCUT2D eigenvalue weighted by atomic mass is 16.5. The van der Waals surface area contributed by atoms with E-state index in [2.05, 4.69) is 5.32 Å². The minimum absolute atomic E-state index is 0.119. The highest BCUT2D eigenvalue weighted by molar-refractivity contribution is 5.94. The third kappa shape index (κ3) is 5.19. The zero-order chi connectivity index (χ0) is 17.4. The molecule has 24 heavy (non-hydrogen) atoms. The molecule has 0 unspecified atom stereocenters. The number of hydrogen-bond acceptors (Lipinski definition) is 4. The molecule has 0 radical (unpaired) electrons. The number of carbonyl (C=O) groups excluding carboxylic acids is 1. The molecule has 1 atom stereocenters. The fourth-order valence-electron chi connectivity index (χ4n) is 2.11. The molecule has 0 saturated carbocycles. The SMILES string of the molecule is CCOc1ccc(C(=O)N[C@H](C)COc2ccc(OC)cc2)cc1. The second-order valence-electron chi connectivity index (χ2n) is 5.32. The predicted octanol–water partition coefficient (Wildman–Crippen LogP) is 3.29. The van der Waals surface area contributed by atoms with Crippen molar-refractivity contribution in [3.05, 3.63) is 54.1 Å². The summed E-state index contributed by atoms with van der Waals surface area (Å²) in [4.78, 5) is 12.2. The van der Waals surface area contributed by atoms with Crippen molar-refractivity contribution in [1.82, 2.24) is 5.32 Å². The molecule has 0 bridgehead atoms. The molecule has 5 nitrogen and oxygen atoms in total. The average molecular weight is 329 g/mol. The van der Waals surface area contributed by atoms with Gasteiger partial charge in [0.25, 0.3) is 5.91 Å². The fraction of sp³-hybridized carbons (Fsp3) is 0.316. The van der Waals surface area contributed by atoms with Crippen LogP contribution in [0.4, 0.5) is 0 Å². The molecule has 2 aromatic carbocycles. The van der Waals surface area contributed by atoms with E-state index in [-0.39, 0.29) is 11.9 Å². The minimum atomic E-state index is -0.135. The Hall–Kier alpha value is -2.69. The minimum Gasteiger partial charge on any atom is -0.497 e. The van der Waals surface area contributed by atoms with Crippen LogP contribution in [0.25, 0.3) is 0 Å². The number of benzene rings is 2. The van der Waals surface area contributed by atoms with Gasteiger partial charge in [0.1, 0.15) is 23.9 Å². The van der Waals surface area contributed by atoms with Gasteiger partial charge in [-0.3, -0.25) is 4.79 Å². The third-order valence-corrected chi connectivity index (χ3v) is 3.36. The van der Waals surface area contributed by atoms with Crippen molar-refractivity contribution >= 4 is 5.91 Å². The van der Waals surface area contributed by atoms with Gasteiger partial charge < -0.3 is 19.5 Å². The normalized spacial score (nSPS) is 11.5. The van der Waals surface area contributed by atoms with Crippen molar-refractivity contribution in [2.24, 2.45) is 0 Å². The van der Waals surface area contributed by atoms with E-state index in [0.717, 1.165) is 17.2 Å². The summed E-state index contributed by atoms with van der Waals surface area (Å²) in [6.45, 7) is 4.81. The Kier molecular flexibility index (Phi) is 6.49. The number of carbonyl (C=O) groups is 1. The Morgan fingerprint density at radius 1 is 0.958 bits per heavy atom. The van der Waals surface area contributed by atoms with Gasteiger partial charge in [-0.2, -0.15) is 0 Å². The maximum atomic E-state index is 12.2. The summed E-state index contributed by atoms with van der Waals surface area (Å²) < 4.78 is 16.1. The van der Waals surface area contributed by atoms with Gasteiger partial charge in [-0.25, -0.2) is 0 Å². The molecule has 0 aliphatic rings. The number of methoxy groups -OCH3 is 1. The lowest BCUT2D eigenvalue weighted by atomic mass is 10.2. The zero-order valence-corrected chi connectivity index (χ0v) is 14.2. The second kappa shape index (κ2) is 8.82. The van der Waals surface area contributed by atoms with Crippen LogP contribution in [0.15, 0.2) is 48.5 Å². The van der Waals surface area contributed by atoms with Gasteiger partial charge in [-0.05, 0) is 62.4 Å². The summed E-state index contributed by atoms with van der Waals surface area (Å²) in [5.41, 5.74) is 0.592. The first kappa shape index (κ1) is 17.7. The van der Waals surface area contributed by atoms with Crippen LogP contribution in [0, 0.1) is 0 Å². The van der Waals surface area contributed by atoms with Crippen molar-refractivity contribution < 1.29 is 19.0 Å². The van der Waals surface area contributed by atoms with Crippen LogP contribution in [-0.2, 0) is 0 Å². The predicted molar refractivity (Wildman–Crippen MR) is 93.0 cm³/mol. The first-order valence-corrected chi connectivity index (χ1v) is 7.93. The molecule has 0 fully saturated rings. The molecule has 0 spiro atoms. The van der Waals surface area contributed by atoms with E-state index in [4.69, 9.17) is 14.2 Å². The molecular weight excluding hydrogens is 306 g/mol. The molecule has 2 rings (SSSR count). The summed E-state index contributed by atoms with van der Waals surface area (Å²) in [5, 5.41) is 2.91. The molecule has 5 heteroatoms. The molecular formula is C19H23NO4. The Balaban J connectivity index is 1.82. The summed E-state index contributed by atoms with van der Waals surface area (Å²) in [5.74, 6) is 2.13. The lowest BCUT2D eigenvalue weighted by molar-refractivity contribution is 0.0926. The monoisotopic (exact) mass is 329 g/mol. The number of ether oxygens (including phenoxy) is 3. The summed E-state index contributed by atoms with van der Waals surface area (Å²) >= 11 is 0. The molecule has 0 aliphatic carbocycles. The van der Waals surface area contributed by atoms with Gasteiger partial charge >= 0.3 is 0 Å². The molecule has 0 saturated heterocycles. The number of hydrogen-bond donors (Lipinski definition) is 1. The van der Waals surface area contributed by atoms with E-state index >= 15 is 0 Å². The van der Waals surface area contributed by atoms with E-state index in [1.165, 1.54) is 0 Å². The van der Waals surface area contributed by atoms with Gasteiger partial charge in [-0.15, -0.1) is 0 Å². The van der Waals surface area contributed by atoms with Crippen LogP contribution in [0.1, 0.15) is 24.2 Å². The highest BCUT2D eigenvalue weighted by Crippen LogP contribution is 2.17. The van der Waals surface area contributed by atoms with Crippen LogP contribution in [0.2, 0.25) is 0 Å². The van der Waals surface area contributed by atoms with Crippen molar-refractivity contribution in [2.75, 3.05) is 20.3 Å². The summed E-state index contributed by atoms with van der Waals surface area (Å²) in [6, 6.07) is 14.3. The van der Waals surface area contributed by atoms with Gasteiger partial charge in [0.05, 0.1) is 19.8 Å². The van der Waals surface area contributed by atoms with Crippen LogP contribution in [0.5, 0.6) is 17.2 Å². The third-order valence-electron chi connectivity index (χ3n) is 3.36. The molecule has 0 heterocycles. The van der Waals surface area contributed by atoms with Crippen molar-refractivity contribution in [3.63, 3.8) is 0 Å². The summed E-state index contributed by atoms with van der Waals surface area (Å²) in [7, 11) is 1.62. The van der Waals surface area contributed by atoms with Crippen LogP contribution in [-0.4, -0.2) is 32.3 Å². The average Bonchev–Trinajstić information content (AvgIpc) is 2.61. The van der Waals surface area contributed by atoms with Crippen molar-refractivity contribution in [2.45, 2.75) is 19.9 Å². The van der Waals surface area contributed by atoms with Crippen LogP contribution >= 0.6 is 0 Å². The number of rotatable bonds is 8. The van der Waals surface area contributed by atoms with E-state index < -0.39 is 0 Å². The second-order valence-corrected chi connectivity index (χ2v) is 5.32. The standard InChI is InChI=1S/C19H23NO4/c1-4-23-17-7-5-15(6-8-17)19(21)20-14(2)13-24-18-11-9-16(22-3)10-12-18/h5-12,14H,4,13H2,1-3H3,(H,20,21)/t14-/m1/s1. The lowest BCUT2D eigenvalue weighted by Crippen LogP contribution is -2.36. The quantitative estimate of drug-likeness (QED) is 0.807. The van der Waals surface area contributed by atoms with Crippen LogP contribution < -0.4 is 19.5 Å².